The predicted octanol–water partition coefficient (Wildman–Crippen LogP) is 6.98. The van der Waals surface area contributed by atoms with E-state index in [9.17, 15) is 28.4 Å². The van der Waals surface area contributed by atoms with Crippen LogP contribution in [0.2, 0.25) is 0 Å². The number of aromatic amines is 1. The molecule has 2 aromatic heterocycles. The zero-order valence-corrected chi connectivity index (χ0v) is 39.2. The van der Waals surface area contributed by atoms with E-state index in [0.29, 0.717) is 68.5 Å². The lowest BCUT2D eigenvalue weighted by atomic mass is 9.59. The third-order valence-corrected chi connectivity index (χ3v) is 16.9. The minimum absolute atomic E-state index is 0.0919. The Morgan fingerprint density at radius 3 is 2.56 bits per heavy atom. The van der Waals surface area contributed by atoms with Gasteiger partial charge in [-0.05, 0) is 124 Å². The zero-order chi connectivity index (χ0) is 47.0. The first-order valence-corrected chi connectivity index (χ1v) is 25.3. The summed E-state index contributed by atoms with van der Waals surface area (Å²) in [6.07, 6.45) is 7.86. The number of nitrogens with one attached hydrogen (secondary N) is 3. The minimum Gasteiger partial charge on any atom is -0.468 e. The Kier molecular flexibility index (Phi) is 11.4. The Bertz CT molecular complexity index is 2870. The summed E-state index contributed by atoms with van der Waals surface area (Å²) in [6.45, 7) is 8.68. The van der Waals surface area contributed by atoms with E-state index in [1.54, 1.807) is 12.3 Å². The van der Waals surface area contributed by atoms with Gasteiger partial charge in [0.25, 0.3) is 21.6 Å². The number of H-pyrrole nitrogens is 1. The predicted molar refractivity (Wildman–Crippen MR) is 256 cm³/mol. The lowest BCUT2D eigenvalue weighted by Gasteiger charge is -2.56. The Morgan fingerprint density at radius 2 is 1.78 bits per heavy atom. The highest BCUT2D eigenvalue weighted by Crippen LogP contribution is 2.55. The van der Waals surface area contributed by atoms with Crippen LogP contribution in [0, 0.1) is 28.4 Å². The second-order valence-electron chi connectivity index (χ2n) is 20.2. The number of anilines is 4. The number of amides is 1. The van der Waals surface area contributed by atoms with Gasteiger partial charge in [0.1, 0.15) is 23.1 Å². The molecule has 1 unspecified atom stereocenters. The molecule has 5 fully saturated rings. The number of carbonyl (C=O) groups excluding carboxylic acids is 1. The molecular formula is C50H58N8O9S. The number of aryl methyl sites for hydroxylation is 1. The smallest absolute Gasteiger partial charge is 0.293 e. The van der Waals surface area contributed by atoms with E-state index in [1.165, 1.54) is 23.3 Å². The summed E-state index contributed by atoms with van der Waals surface area (Å²) in [4.78, 5) is 40.7. The summed E-state index contributed by atoms with van der Waals surface area (Å²) in [5, 5.41) is 27.5. The van der Waals surface area contributed by atoms with Crippen molar-refractivity contribution in [3.8, 4) is 5.88 Å². The van der Waals surface area contributed by atoms with Gasteiger partial charge < -0.3 is 39.4 Å². The largest absolute Gasteiger partial charge is 0.468 e. The van der Waals surface area contributed by atoms with Gasteiger partial charge in [-0.15, -0.1) is 0 Å². The number of nitro benzene ring substituents is 1. The van der Waals surface area contributed by atoms with E-state index in [0.717, 1.165) is 75.2 Å². The summed E-state index contributed by atoms with van der Waals surface area (Å²) in [5.74, 6) is -0.267. The molecule has 1 spiro atoms. The molecule has 3 aromatic carbocycles. The van der Waals surface area contributed by atoms with E-state index in [-0.39, 0.29) is 34.7 Å². The number of rotatable bonds is 11. The van der Waals surface area contributed by atoms with Crippen LogP contribution in [-0.4, -0.2) is 116 Å². The van der Waals surface area contributed by atoms with Gasteiger partial charge in [-0.1, -0.05) is 24.3 Å². The normalized spacial score (nSPS) is 25.2. The van der Waals surface area contributed by atoms with Crippen molar-refractivity contribution in [2.45, 2.75) is 93.5 Å². The van der Waals surface area contributed by atoms with Gasteiger partial charge >= 0.3 is 0 Å². The first-order chi connectivity index (χ1) is 32.7. The van der Waals surface area contributed by atoms with E-state index in [1.807, 2.05) is 36.1 Å². The van der Waals surface area contributed by atoms with E-state index in [2.05, 4.69) is 56.0 Å². The van der Waals surface area contributed by atoms with Crippen LogP contribution in [0.1, 0.15) is 79.4 Å². The number of piperidine rings is 1. The van der Waals surface area contributed by atoms with Crippen molar-refractivity contribution in [3.63, 3.8) is 0 Å². The summed E-state index contributed by atoms with van der Waals surface area (Å²) in [5.41, 5.74) is 4.48. The number of carbonyl (C=O) groups is 1. The number of benzene rings is 3. The first-order valence-electron chi connectivity index (χ1n) is 23.8. The minimum atomic E-state index is -4.60. The lowest BCUT2D eigenvalue weighted by molar-refractivity contribution is -0.384. The molecule has 1 amide bonds. The number of aliphatic hydroxyl groups is 1. The van der Waals surface area contributed by atoms with Crippen LogP contribution < -0.4 is 24.6 Å². The van der Waals surface area contributed by atoms with Crippen molar-refractivity contribution in [1.82, 2.24) is 19.6 Å². The number of aromatic nitrogens is 2. The molecule has 7 heterocycles. The van der Waals surface area contributed by atoms with Crippen molar-refractivity contribution in [2.75, 3.05) is 67.7 Å². The highest BCUT2D eigenvalue weighted by molar-refractivity contribution is 7.90. The average molecular weight is 947 g/mol. The number of pyridine rings is 1. The maximum absolute atomic E-state index is 14.6. The maximum atomic E-state index is 14.6. The van der Waals surface area contributed by atoms with Crippen molar-refractivity contribution in [2.24, 2.45) is 11.3 Å². The van der Waals surface area contributed by atoms with E-state index < -0.39 is 43.1 Å². The van der Waals surface area contributed by atoms with Crippen LogP contribution in [0.25, 0.3) is 11.0 Å². The number of nitrogens with zero attached hydrogens (tertiary/aromatic N) is 5. The number of sulfonamides is 1. The Hall–Kier alpha value is -5.79. The molecule has 1 aliphatic carbocycles. The number of nitro groups is 1. The topological polar surface area (TPSA) is 205 Å². The van der Waals surface area contributed by atoms with Crippen molar-refractivity contribution in [1.29, 1.82) is 0 Å². The fourth-order valence-corrected chi connectivity index (χ4v) is 12.8. The Morgan fingerprint density at radius 1 is 0.985 bits per heavy atom. The molecule has 358 valence electrons. The van der Waals surface area contributed by atoms with Gasteiger partial charge in [-0.3, -0.25) is 19.8 Å². The molecule has 1 saturated carbocycles. The monoisotopic (exact) mass is 946 g/mol. The fraction of sp³-hybridized carbons (Fsp3) is 0.480. The molecule has 0 radical (unpaired) electrons. The molecule has 0 bridgehead atoms. The molecule has 18 heteroatoms. The third kappa shape index (κ3) is 8.33. The van der Waals surface area contributed by atoms with Gasteiger partial charge in [0, 0.05) is 74.8 Å². The average Bonchev–Trinajstić information content (AvgIpc) is 4.07. The molecule has 6 aliphatic rings. The van der Waals surface area contributed by atoms with Crippen LogP contribution in [0.15, 0.2) is 83.9 Å². The first kappa shape index (κ1) is 44.7. The Labute approximate surface area is 395 Å². The van der Waals surface area contributed by atoms with Crippen LogP contribution in [0.4, 0.5) is 28.4 Å². The van der Waals surface area contributed by atoms with Gasteiger partial charge in [0.2, 0.25) is 5.88 Å². The number of fused-ring (bicyclic) bond motifs is 3. The highest BCUT2D eigenvalue weighted by Gasteiger charge is 2.53. The van der Waals surface area contributed by atoms with Gasteiger partial charge in [0.15, 0.2) is 0 Å². The summed E-state index contributed by atoms with van der Waals surface area (Å²) in [7, 11) is -4.60. The highest BCUT2D eigenvalue weighted by atomic mass is 32.2. The summed E-state index contributed by atoms with van der Waals surface area (Å²) >= 11 is 0. The molecule has 5 aliphatic heterocycles. The second kappa shape index (κ2) is 17.3. The number of ether oxygens (including phenoxy) is 3. The lowest BCUT2D eigenvalue weighted by Crippen LogP contribution is -2.55. The van der Waals surface area contributed by atoms with Crippen LogP contribution in [-0.2, 0) is 19.5 Å². The fourth-order valence-electron chi connectivity index (χ4n) is 11.8. The number of hydrogen-bond acceptors (Lipinski definition) is 14. The van der Waals surface area contributed by atoms with Crippen molar-refractivity contribution < 1.29 is 37.5 Å². The zero-order valence-electron chi connectivity index (χ0n) is 38.4. The second-order valence-corrected chi connectivity index (χ2v) is 21.8. The molecule has 4 N–H and O–H groups in total. The molecule has 68 heavy (non-hydrogen) atoms. The number of hydrogen-bond donors (Lipinski definition) is 4. The maximum Gasteiger partial charge on any atom is 0.293 e. The molecule has 4 saturated heterocycles. The molecule has 5 aromatic rings. The van der Waals surface area contributed by atoms with Gasteiger partial charge in [-0.25, -0.2) is 13.1 Å². The molecular weight excluding hydrogens is 889 g/mol. The number of β-amino-alcohol motifs (C(OH)–C–C–N with tert-alkyl or cyclic N) is 1. The van der Waals surface area contributed by atoms with Crippen LogP contribution in [0.5, 0.6) is 5.88 Å². The third-order valence-electron chi connectivity index (χ3n) is 15.5. The Balaban J connectivity index is 0.871. The molecule has 11 rings (SSSR count). The van der Waals surface area contributed by atoms with Crippen molar-refractivity contribution >= 4 is 55.4 Å². The van der Waals surface area contributed by atoms with Crippen molar-refractivity contribution in [3.05, 3.63) is 106 Å². The van der Waals surface area contributed by atoms with Crippen LogP contribution >= 0.6 is 0 Å². The van der Waals surface area contributed by atoms with Gasteiger partial charge in [0.05, 0.1) is 45.9 Å². The molecule has 17 nitrogen and oxygen atoms in total. The van der Waals surface area contributed by atoms with E-state index in [4.69, 9.17) is 19.2 Å². The quantitative estimate of drug-likeness (QED) is 0.0780. The summed E-state index contributed by atoms with van der Waals surface area (Å²) in [6, 6.07) is 21.7. The van der Waals surface area contributed by atoms with Gasteiger partial charge in [-0.2, -0.15) is 4.98 Å². The number of likely N-dealkylation sites (tertiary alicyclic amines) is 1. The molecule has 4 atom stereocenters. The summed E-state index contributed by atoms with van der Waals surface area (Å²) < 4.78 is 48.2. The standard InChI is InChI=1S/C50H58N8O9S/c1-31-5-3-4-6-37(31)43-26-49(2,60)30-56(43)35-24-50(25-35)14-17-55(18-15-50)34-7-9-38(40(22-34)57-42-21-33-11-16-51-46(33)53-48(42)67-45-29-66-28-44(45)57)47(59)54-68(63,64)36-8-10-39(41(23-36)58(61)62)52-27-32-12-19-65-20-13-32/h3-11,16,21-23,32,35,43-45,52,60H,12-15,17-20,24-30H2,1-2H3,(H,51,53)(H,54,59)/t43-,44+,45+,49?/m0/s1. The van der Waals surface area contributed by atoms with E-state index >= 15 is 0 Å². The van der Waals surface area contributed by atoms with Crippen LogP contribution in [0.3, 0.4) is 0 Å². The SMILES string of the molecule is Cc1ccccc1[C@@H]1CC(C)(O)CN1C1CC2(CCN(c3ccc(C(=O)NS(=O)(=O)c4ccc(NCC5CCOCC5)c([N+](=O)[O-])c4)c(N4c5cc6cc[nH]c6nc5O[C@@H]5COC[C@H]54)c3)CC2)C1.